The van der Waals surface area contributed by atoms with Crippen LogP contribution in [0.3, 0.4) is 0 Å². The van der Waals surface area contributed by atoms with E-state index in [0.717, 1.165) is 16.7 Å². The van der Waals surface area contributed by atoms with Crippen molar-refractivity contribution in [3.8, 4) is 5.75 Å². The molecule has 0 radical (unpaired) electrons. The van der Waals surface area contributed by atoms with Gasteiger partial charge in [-0.15, -0.1) is 0 Å². The normalized spacial score (nSPS) is 12.2. The fraction of sp³-hybridized carbons (Fsp3) is 0.267. The molecule has 2 aromatic rings. The van der Waals surface area contributed by atoms with Gasteiger partial charge in [-0.2, -0.15) is 0 Å². The average Bonchev–Trinajstić information content (AvgIpc) is 2.39. The zero-order valence-electron chi connectivity index (χ0n) is 11.1. The zero-order valence-corrected chi connectivity index (χ0v) is 11.1. The number of benzene rings is 1. The third kappa shape index (κ3) is 3.29. The van der Waals surface area contributed by atoms with Crippen molar-refractivity contribution in [2.24, 2.45) is 5.73 Å². The average molecular weight is 260 g/mol. The van der Waals surface area contributed by atoms with Crippen molar-refractivity contribution in [1.29, 1.82) is 0 Å². The van der Waals surface area contributed by atoms with Gasteiger partial charge in [-0.25, -0.2) is 4.39 Å². The second kappa shape index (κ2) is 5.80. The molecule has 3 nitrogen and oxygen atoms in total. The highest BCUT2D eigenvalue weighted by Gasteiger charge is 2.09. The Bertz CT molecular complexity index is 553. The molecule has 0 amide bonds. The number of hydrogen-bond donors (Lipinski definition) is 1. The van der Waals surface area contributed by atoms with Gasteiger partial charge in [0, 0.05) is 12.2 Å². The van der Waals surface area contributed by atoms with Crippen LogP contribution in [0.4, 0.5) is 4.39 Å². The molecule has 4 heteroatoms. The van der Waals surface area contributed by atoms with Crippen LogP contribution in [0, 0.1) is 12.7 Å². The van der Waals surface area contributed by atoms with Gasteiger partial charge in [0.05, 0.1) is 6.20 Å². The highest BCUT2D eigenvalue weighted by Crippen LogP contribution is 2.24. The summed E-state index contributed by atoms with van der Waals surface area (Å²) in [7, 11) is 0. The third-order valence-corrected chi connectivity index (χ3v) is 3.01. The first-order valence-electron chi connectivity index (χ1n) is 6.15. The molecule has 0 bridgehead atoms. The summed E-state index contributed by atoms with van der Waals surface area (Å²) in [6, 6.07) is 6.16. The number of halogens is 1. The number of nitrogens with two attached hydrogens (primary N) is 1. The van der Waals surface area contributed by atoms with Gasteiger partial charge in [0.2, 0.25) is 0 Å². The van der Waals surface area contributed by atoms with Crippen molar-refractivity contribution in [3.63, 3.8) is 0 Å². The Morgan fingerprint density at radius 3 is 2.58 bits per heavy atom. The first-order valence-corrected chi connectivity index (χ1v) is 6.15. The predicted molar refractivity (Wildman–Crippen MR) is 72.3 cm³/mol. The second-order valence-corrected chi connectivity index (χ2v) is 4.56. The molecule has 2 rings (SSSR count). The fourth-order valence-corrected chi connectivity index (χ4v) is 1.87. The topological polar surface area (TPSA) is 48.1 Å². The van der Waals surface area contributed by atoms with Crippen LogP contribution < -0.4 is 10.5 Å². The number of nitrogens with zero attached hydrogens (tertiary/aromatic N) is 1. The molecule has 19 heavy (non-hydrogen) atoms. The van der Waals surface area contributed by atoms with Crippen LogP contribution in [0.1, 0.15) is 29.7 Å². The van der Waals surface area contributed by atoms with Crippen molar-refractivity contribution in [1.82, 2.24) is 4.98 Å². The van der Waals surface area contributed by atoms with E-state index in [1.54, 1.807) is 24.5 Å². The lowest BCUT2D eigenvalue weighted by atomic mass is 10.1. The van der Waals surface area contributed by atoms with Crippen LogP contribution in [0.25, 0.3) is 0 Å². The number of ether oxygens (including phenoxy) is 1. The lowest BCUT2D eigenvalue weighted by Crippen LogP contribution is -2.09. The summed E-state index contributed by atoms with van der Waals surface area (Å²) in [5.74, 6) is 0.458. The minimum Gasteiger partial charge on any atom is -0.487 e. The van der Waals surface area contributed by atoms with E-state index < -0.39 is 0 Å². The predicted octanol–water partition coefficient (Wildman–Crippen LogP) is 3.13. The molecule has 2 N–H and O–H groups in total. The molecule has 1 unspecified atom stereocenters. The first kappa shape index (κ1) is 13.5. The van der Waals surface area contributed by atoms with Crippen molar-refractivity contribution in [3.05, 3.63) is 59.2 Å². The quantitative estimate of drug-likeness (QED) is 0.918. The maximum absolute atomic E-state index is 12.8. The van der Waals surface area contributed by atoms with Gasteiger partial charge in [-0.3, -0.25) is 4.98 Å². The molecule has 0 fully saturated rings. The number of hydrogen-bond acceptors (Lipinski definition) is 3. The van der Waals surface area contributed by atoms with Gasteiger partial charge in [0.1, 0.15) is 18.2 Å². The smallest absolute Gasteiger partial charge is 0.141 e. The van der Waals surface area contributed by atoms with Crippen molar-refractivity contribution >= 4 is 0 Å². The summed E-state index contributed by atoms with van der Waals surface area (Å²) in [6.07, 6.45) is 3.43. The fourth-order valence-electron chi connectivity index (χ4n) is 1.87. The SMILES string of the molecule is Cc1c(OCc2ccc(F)cc2)cncc1C(C)N. The van der Waals surface area contributed by atoms with Crippen LogP contribution in [-0.2, 0) is 6.61 Å². The first-order chi connectivity index (χ1) is 9.08. The summed E-state index contributed by atoms with van der Waals surface area (Å²) in [4.78, 5) is 4.13. The van der Waals surface area contributed by atoms with Crippen LogP contribution in [0.15, 0.2) is 36.7 Å². The molecular formula is C15H17FN2O. The highest BCUT2D eigenvalue weighted by atomic mass is 19.1. The van der Waals surface area contributed by atoms with Crippen molar-refractivity contribution in [2.75, 3.05) is 0 Å². The summed E-state index contributed by atoms with van der Waals surface area (Å²) < 4.78 is 18.5. The Morgan fingerprint density at radius 2 is 1.95 bits per heavy atom. The van der Waals surface area contributed by atoms with E-state index in [-0.39, 0.29) is 11.9 Å². The zero-order chi connectivity index (χ0) is 13.8. The Balaban J connectivity index is 2.11. The summed E-state index contributed by atoms with van der Waals surface area (Å²) >= 11 is 0. The Hall–Kier alpha value is -1.94. The molecule has 100 valence electrons. The van der Waals surface area contributed by atoms with E-state index in [0.29, 0.717) is 12.4 Å². The molecule has 1 atom stereocenters. The molecular weight excluding hydrogens is 243 g/mol. The largest absolute Gasteiger partial charge is 0.487 e. The van der Waals surface area contributed by atoms with Gasteiger partial charge >= 0.3 is 0 Å². The van der Waals surface area contributed by atoms with Gasteiger partial charge < -0.3 is 10.5 Å². The van der Waals surface area contributed by atoms with Gasteiger partial charge in [-0.1, -0.05) is 12.1 Å². The van der Waals surface area contributed by atoms with Gasteiger partial charge in [0.25, 0.3) is 0 Å². The summed E-state index contributed by atoms with van der Waals surface area (Å²) in [6.45, 7) is 4.25. The molecule has 0 saturated carbocycles. The molecule has 1 aromatic heterocycles. The number of rotatable bonds is 4. The lowest BCUT2D eigenvalue weighted by molar-refractivity contribution is 0.302. The van der Waals surface area contributed by atoms with E-state index in [4.69, 9.17) is 10.5 Å². The van der Waals surface area contributed by atoms with Crippen LogP contribution in [0.2, 0.25) is 0 Å². The molecule has 0 aliphatic carbocycles. The van der Waals surface area contributed by atoms with Gasteiger partial charge in [-0.05, 0) is 42.7 Å². The minimum absolute atomic E-state index is 0.0816. The maximum Gasteiger partial charge on any atom is 0.141 e. The van der Waals surface area contributed by atoms with E-state index >= 15 is 0 Å². The lowest BCUT2D eigenvalue weighted by Gasteiger charge is -2.14. The monoisotopic (exact) mass is 260 g/mol. The van der Waals surface area contributed by atoms with Crippen LogP contribution in [0.5, 0.6) is 5.75 Å². The molecule has 1 heterocycles. The molecule has 1 aromatic carbocycles. The standard InChI is InChI=1S/C15H17FN2O/c1-10-14(11(2)17)7-18-8-15(10)19-9-12-3-5-13(16)6-4-12/h3-8,11H,9,17H2,1-2H3. The van der Waals surface area contributed by atoms with Crippen molar-refractivity contribution < 1.29 is 9.13 Å². The molecule has 0 aliphatic rings. The van der Waals surface area contributed by atoms with Crippen LogP contribution in [-0.4, -0.2) is 4.98 Å². The molecule has 0 spiro atoms. The number of aromatic nitrogens is 1. The van der Waals surface area contributed by atoms with Crippen molar-refractivity contribution in [2.45, 2.75) is 26.5 Å². The summed E-state index contributed by atoms with van der Waals surface area (Å²) in [5.41, 5.74) is 8.74. The van der Waals surface area contributed by atoms with E-state index in [2.05, 4.69) is 4.98 Å². The van der Waals surface area contributed by atoms with Gasteiger partial charge in [0.15, 0.2) is 0 Å². The summed E-state index contributed by atoms with van der Waals surface area (Å²) in [5, 5.41) is 0. The number of pyridine rings is 1. The minimum atomic E-state index is -0.249. The van der Waals surface area contributed by atoms with Crippen LogP contribution >= 0.6 is 0 Å². The maximum atomic E-state index is 12.8. The second-order valence-electron chi connectivity index (χ2n) is 4.56. The molecule has 0 aliphatic heterocycles. The van der Waals surface area contributed by atoms with E-state index in [9.17, 15) is 4.39 Å². The Morgan fingerprint density at radius 1 is 1.26 bits per heavy atom. The molecule has 0 saturated heterocycles. The third-order valence-electron chi connectivity index (χ3n) is 3.01. The Labute approximate surface area is 112 Å². The highest BCUT2D eigenvalue weighted by molar-refractivity contribution is 5.37. The van der Waals surface area contributed by atoms with E-state index in [1.807, 2.05) is 13.8 Å². The van der Waals surface area contributed by atoms with E-state index in [1.165, 1.54) is 12.1 Å². The Kier molecular flexibility index (Phi) is 4.12.